The first kappa shape index (κ1) is 14.8. The first-order valence-corrected chi connectivity index (χ1v) is 7.21. The number of hydrogen-bond donors (Lipinski definition) is 0. The first-order chi connectivity index (χ1) is 8.50. The van der Waals surface area contributed by atoms with E-state index < -0.39 is 12.5 Å². The molecular weight excluding hydrogens is 259 g/mol. The third-order valence-corrected chi connectivity index (χ3v) is 4.04. The molecule has 0 N–H and O–H groups in total. The van der Waals surface area contributed by atoms with Crippen LogP contribution in [0.4, 0.5) is 5.69 Å². The number of pyridine rings is 1. The highest BCUT2D eigenvalue weighted by Crippen LogP contribution is 2.50. The van der Waals surface area contributed by atoms with Crippen LogP contribution in [0.25, 0.3) is 0 Å². The van der Waals surface area contributed by atoms with Crippen LogP contribution < -0.4 is 0 Å². The molecule has 0 saturated heterocycles. The molecule has 0 atom stereocenters. The number of hydrogen-bond acceptors (Lipinski definition) is 6. The Morgan fingerprint density at radius 2 is 1.94 bits per heavy atom. The van der Waals surface area contributed by atoms with E-state index in [1.165, 1.54) is 12.1 Å². The Balaban J connectivity index is 2.81. The Hall–Kier alpha value is -1.30. The van der Waals surface area contributed by atoms with Crippen molar-refractivity contribution in [3.8, 4) is 0 Å². The highest BCUT2D eigenvalue weighted by atomic mass is 31.2. The molecule has 0 bridgehead atoms. The lowest BCUT2D eigenvalue weighted by atomic mass is 10.3. The Bertz CT molecular complexity index is 438. The third-order valence-electron chi connectivity index (χ3n) is 2.03. The van der Waals surface area contributed by atoms with E-state index in [-0.39, 0.29) is 25.1 Å². The van der Waals surface area contributed by atoms with Crippen molar-refractivity contribution >= 4 is 13.3 Å². The Morgan fingerprint density at radius 3 is 2.33 bits per heavy atom. The lowest BCUT2D eigenvalue weighted by Crippen LogP contribution is -2.01. The van der Waals surface area contributed by atoms with Gasteiger partial charge >= 0.3 is 7.60 Å². The SMILES string of the molecule is CCOP(=O)(Cc1ccc([N+](=O)[O-])cn1)OCC. The fraction of sp³-hybridized carbons (Fsp3) is 0.500. The molecule has 7 nitrogen and oxygen atoms in total. The number of aromatic nitrogens is 1. The molecule has 8 heteroatoms. The number of nitro groups is 1. The molecule has 0 aliphatic carbocycles. The molecule has 0 aromatic carbocycles. The van der Waals surface area contributed by atoms with E-state index in [2.05, 4.69) is 4.98 Å². The molecule has 1 aromatic heterocycles. The molecule has 0 spiro atoms. The van der Waals surface area contributed by atoms with Crippen LogP contribution in [0.3, 0.4) is 0 Å². The molecule has 0 aliphatic heterocycles. The van der Waals surface area contributed by atoms with Crippen molar-refractivity contribution in [1.82, 2.24) is 4.98 Å². The molecule has 0 amide bonds. The maximum absolute atomic E-state index is 12.2. The predicted molar refractivity (Wildman–Crippen MR) is 65.5 cm³/mol. The molecule has 0 saturated carbocycles. The molecule has 100 valence electrons. The van der Waals surface area contributed by atoms with E-state index in [1.54, 1.807) is 13.8 Å². The van der Waals surface area contributed by atoms with Gasteiger partial charge in [0.2, 0.25) is 0 Å². The average molecular weight is 274 g/mol. The van der Waals surface area contributed by atoms with Gasteiger partial charge in [0, 0.05) is 6.07 Å². The summed E-state index contributed by atoms with van der Waals surface area (Å²) >= 11 is 0. The van der Waals surface area contributed by atoms with Gasteiger partial charge in [-0.3, -0.25) is 19.7 Å². The fourth-order valence-electron chi connectivity index (χ4n) is 1.34. The van der Waals surface area contributed by atoms with Crippen molar-refractivity contribution in [2.24, 2.45) is 0 Å². The normalized spacial score (nSPS) is 11.4. The molecule has 0 unspecified atom stereocenters. The minimum atomic E-state index is -3.21. The van der Waals surface area contributed by atoms with Gasteiger partial charge in [-0.05, 0) is 19.9 Å². The van der Waals surface area contributed by atoms with Crippen molar-refractivity contribution in [1.29, 1.82) is 0 Å². The predicted octanol–water partition coefficient (Wildman–Crippen LogP) is 2.76. The maximum atomic E-state index is 12.2. The monoisotopic (exact) mass is 274 g/mol. The van der Waals surface area contributed by atoms with Crippen LogP contribution in [-0.2, 0) is 19.8 Å². The zero-order valence-corrected chi connectivity index (χ0v) is 11.1. The zero-order chi connectivity index (χ0) is 13.6. The second kappa shape index (κ2) is 6.58. The van der Waals surface area contributed by atoms with E-state index in [4.69, 9.17) is 9.05 Å². The van der Waals surface area contributed by atoms with E-state index in [0.29, 0.717) is 5.69 Å². The molecule has 0 radical (unpaired) electrons. The van der Waals surface area contributed by atoms with Crippen LogP contribution in [0.2, 0.25) is 0 Å². The van der Waals surface area contributed by atoms with Crippen LogP contribution in [0.15, 0.2) is 18.3 Å². The standard InChI is InChI=1S/C10H15N2O5P/c1-3-16-18(15,17-4-2)8-9-5-6-10(7-11-9)12(13)14/h5-7H,3-4,8H2,1-2H3. The second-order valence-corrected chi connectivity index (χ2v) is 5.42. The molecule has 1 rings (SSSR count). The average Bonchev–Trinajstić information content (AvgIpc) is 2.30. The van der Waals surface area contributed by atoms with Gasteiger partial charge in [-0.2, -0.15) is 0 Å². The number of nitrogens with zero attached hydrogens (tertiary/aromatic N) is 2. The number of rotatable bonds is 7. The van der Waals surface area contributed by atoms with Crippen LogP contribution in [0, 0.1) is 10.1 Å². The minimum Gasteiger partial charge on any atom is -0.309 e. The zero-order valence-electron chi connectivity index (χ0n) is 10.2. The van der Waals surface area contributed by atoms with Crippen molar-refractivity contribution < 1.29 is 18.5 Å². The highest BCUT2D eigenvalue weighted by Gasteiger charge is 2.25. The van der Waals surface area contributed by atoms with E-state index in [1.807, 2.05) is 0 Å². The highest BCUT2D eigenvalue weighted by molar-refractivity contribution is 7.53. The summed E-state index contributed by atoms with van der Waals surface area (Å²) in [5.74, 6) is 0. The molecule has 0 fully saturated rings. The van der Waals surface area contributed by atoms with Gasteiger partial charge in [-0.25, -0.2) is 0 Å². The molecular formula is C10H15N2O5P. The van der Waals surface area contributed by atoms with Gasteiger partial charge < -0.3 is 9.05 Å². The quantitative estimate of drug-likeness (QED) is 0.431. The van der Waals surface area contributed by atoms with Gasteiger partial charge in [0.1, 0.15) is 6.20 Å². The van der Waals surface area contributed by atoms with Gasteiger partial charge in [-0.1, -0.05) is 0 Å². The molecule has 1 heterocycles. The second-order valence-electron chi connectivity index (χ2n) is 3.37. The first-order valence-electron chi connectivity index (χ1n) is 5.48. The van der Waals surface area contributed by atoms with E-state index in [0.717, 1.165) is 6.20 Å². The Morgan fingerprint density at radius 1 is 1.33 bits per heavy atom. The van der Waals surface area contributed by atoms with Crippen molar-refractivity contribution in [2.75, 3.05) is 13.2 Å². The van der Waals surface area contributed by atoms with Crippen molar-refractivity contribution in [2.45, 2.75) is 20.0 Å². The minimum absolute atomic E-state index is 0.00662. The summed E-state index contributed by atoms with van der Waals surface area (Å²) in [5.41, 5.74) is 0.326. The van der Waals surface area contributed by atoms with Gasteiger partial charge in [0.05, 0.1) is 30.0 Å². The molecule has 0 aliphatic rings. The largest absolute Gasteiger partial charge is 0.336 e. The summed E-state index contributed by atoms with van der Waals surface area (Å²) in [6, 6.07) is 2.76. The summed E-state index contributed by atoms with van der Waals surface area (Å²) in [7, 11) is -3.21. The summed E-state index contributed by atoms with van der Waals surface area (Å²) < 4.78 is 22.4. The lowest BCUT2D eigenvalue weighted by Gasteiger charge is -2.16. The summed E-state index contributed by atoms with van der Waals surface area (Å²) in [5, 5.41) is 10.5. The van der Waals surface area contributed by atoms with Crippen molar-refractivity contribution in [3.05, 3.63) is 34.1 Å². The van der Waals surface area contributed by atoms with Gasteiger partial charge in [0.15, 0.2) is 0 Å². The summed E-state index contributed by atoms with van der Waals surface area (Å²) in [6.45, 7) is 3.97. The van der Waals surface area contributed by atoms with E-state index in [9.17, 15) is 14.7 Å². The van der Waals surface area contributed by atoms with Crippen LogP contribution in [-0.4, -0.2) is 23.1 Å². The summed E-state index contributed by atoms with van der Waals surface area (Å²) in [4.78, 5) is 13.8. The van der Waals surface area contributed by atoms with Crippen LogP contribution in [0.5, 0.6) is 0 Å². The topological polar surface area (TPSA) is 91.6 Å². The fourth-order valence-corrected chi connectivity index (χ4v) is 2.97. The molecule has 1 aromatic rings. The maximum Gasteiger partial charge on any atom is 0.336 e. The Kier molecular flexibility index (Phi) is 5.40. The van der Waals surface area contributed by atoms with Crippen molar-refractivity contribution in [3.63, 3.8) is 0 Å². The van der Waals surface area contributed by atoms with Gasteiger partial charge in [-0.15, -0.1) is 0 Å². The van der Waals surface area contributed by atoms with Crippen LogP contribution >= 0.6 is 7.60 Å². The Labute approximate surface area is 105 Å². The van der Waals surface area contributed by atoms with E-state index >= 15 is 0 Å². The van der Waals surface area contributed by atoms with Gasteiger partial charge in [0.25, 0.3) is 5.69 Å². The smallest absolute Gasteiger partial charge is 0.309 e. The molecule has 18 heavy (non-hydrogen) atoms. The van der Waals surface area contributed by atoms with Crippen LogP contribution in [0.1, 0.15) is 19.5 Å². The lowest BCUT2D eigenvalue weighted by molar-refractivity contribution is -0.385. The summed E-state index contributed by atoms with van der Waals surface area (Å²) in [6.07, 6.45) is 1.13. The third kappa shape index (κ3) is 4.18.